The lowest BCUT2D eigenvalue weighted by atomic mass is 9.81. The van der Waals surface area contributed by atoms with Gasteiger partial charge >= 0.3 is 0 Å². The maximum atomic E-state index is 2.26. The fourth-order valence-electron chi connectivity index (χ4n) is 4.24. The number of aryl methyl sites for hydroxylation is 4. The topological polar surface area (TPSA) is 0 Å². The van der Waals surface area contributed by atoms with Gasteiger partial charge in [0.25, 0.3) is 0 Å². The van der Waals surface area contributed by atoms with Gasteiger partial charge in [0, 0.05) is 0 Å². The van der Waals surface area contributed by atoms with Crippen molar-refractivity contribution in [3.05, 3.63) is 142 Å². The van der Waals surface area contributed by atoms with E-state index in [1.54, 1.807) is 0 Å². The Hall–Kier alpha value is -3.38. The normalized spacial score (nSPS) is 10.7. The summed E-state index contributed by atoms with van der Waals surface area (Å²) in [6.07, 6.45) is 0. The summed E-state index contributed by atoms with van der Waals surface area (Å²) < 4.78 is 0. The molecular weight excluding hydrogens is 360 g/mol. The van der Waals surface area contributed by atoms with E-state index in [-0.39, 0.29) is 0 Å². The molecule has 0 aliphatic rings. The number of hydrogen-bond donors (Lipinski definition) is 0. The van der Waals surface area contributed by atoms with Crippen LogP contribution >= 0.6 is 0 Å². The van der Waals surface area contributed by atoms with Crippen LogP contribution in [0.15, 0.2) is 97.1 Å². The summed E-state index contributed by atoms with van der Waals surface area (Å²) in [5.41, 5.74) is 12.9. The Balaban J connectivity index is 2.23. The average molecular weight is 389 g/mol. The number of benzene rings is 4. The van der Waals surface area contributed by atoms with E-state index in [1.807, 2.05) is 0 Å². The molecule has 0 bridgehead atoms. The standard InChI is InChI=1S/C30H28/c1-21-13-5-9-17-25(21)29(26-18-10-6-14-22(26)2)30(27-19-11-7-15-23(27)3)28-20-12-8-16-24(28)4/h5-20H,1-4H3. The molecule has 4 aromatic rings. The first kappa shape index (κ1) is 19.9. The highest BCUT2D eigenvalue weighted by atomic mass is 14.2. The van der Waals surface area contributed by atoms with Crippen molar-refractivity contribution in [2.45, 2.75) is 27.7 Å². The van der Waals surface area contributed by atoms with E-state index in [0.717, 1.165) is 0 Å². The first-order valence-electron chi connectivity index (χ1n) is 10.6. The van der Waals surface area contributed by atoms with Crippen molar-refractivity contribution >= 4 is 11.1 Å². The van der Waals surface area contributed by atoms with E-state index in [2.05, 4.69) is 125 Å². The monoisotopic (exact) mass is 388 g/mol. The van der Waals surface area contributed by atoms with Gasteiger partial charge in [-0.1, -0.05) is 97.1 Å². The van der Waals surface area contributed by atoms with Crippen molar-refractivity contribution in [1.29, 1.82) is 0 Å². The molecule has 0 N–H and O–H groups in total. The van der Waals surface area contributed by atoms with Crippen LogP contribution in [0.2, 0.25) is 0 Å². The minimum Gasteiger partial charge on any atom is -0.0620 e. The molecule has 0 spiro atoms. The fourth-order valence-corrected chi connectivity index (χ4v) is 4.24. The Labute approximate surface area is 180 Å². The molecule has 0 saturated carbocycles. The molecule has 0 aromatic heterocycles. The van der Waals surface area contributed by atoms with Crippen molar-refractivity contribution in [1.82, 2.24) is 0 Å². The third-order valence-electron chi connectivity index (χ3n) is 5.91. The van der Waals surface area contributed by atoms with Gasteiger partial charge in [0.2, 0.25) is 0 Å². The quantitative estimate of drug-likeness (QED) is 0.311. The van der Waals surface area contributed by atoms with E-state index in [1.165, 1.54) is 55.7 Å². The van der Waals surface area contributed by atoms with E-state index < -0.39 is 0 Å². The highest BCUT2D eigenvalue weighted by molar-refractivity contribution is 6.06. The Kier molecular flexibility index (Phi) is 5.68. The molecule has 0 radical (unpaired) electrons. The zero-order valence-corrected chi connectivity index (χ0v) is 18.2. The average Bonchev–Trinajstić information content (AvgIpc) is 2.75. The zero-order chi connectivity index (χ0) is 21.1. The molecule has 0 nitrogen and oxygen atoms in total. The second-order valence-electron chi connectivity index (χ2n) is 8.01. The van der Waals surface area contributed by atoms with Crippen LogP contribution in [0.3, 0.4) is 0 Å². The van der Waals surface area contributed by atoms with Crippen LogP contribution in [0.25, 0.3) is 11.1 Å². The Morgan fingerprint density at radius 3 is 0.733 bits per heavy atom. The minimum atomic E-state index is 1.29. The van der Waals surface area contributed by atoms with Crippen LogP contribution in [0, 0.1) is 27.7 Å². The highest BCUT2D eigenvalue weighted by Gasteiger charge is 2.20. The smallest absolute Gasteiger partial charge is 0.00213 e. The largest absolute Gasteiger partial charge is 0.0620 e. The Morgan fingerprint density at radius 1 is 0.333 bits per heavy atom. The van der Waals surface area contributed by atoms with Gasteiger partial charge in [0.15, 0.2) is 0 Å². The van der Waals surface area contributed by atoms with Crippen LogP contribution < -0.4 is 0 Å². The number of hydrogen-bond acceptors (Lipinski definition) is 0. The highest BCUT2D eigenvalue weighted by Crippen LogP contribution is 2.40. The molecule has 4 rings (SSSR count). The lowest BCUT2D eigenvalue weighted by Crippen LogP contribution is -2.03. The van der Waals surface area contributed by atoms with E-state index in [4.69, 9.17) is 0 Å². The third kappa shape index (κ3) is 3.74. The third-order valence-corrected chi connectivity index (χ3v) is 5.91. The lowest BCUT2D eigenvalue weighted by molar-refractivity contribution is 1.34. The fraction of sp³-hybridized carbons (Fsp3) is 0.133. The maximum absolute atomic E-state index is 2.26. The molecule has 0 amide bonds. The van der Waals surface area contributed by atoms with E-state index in [9.17, 15) is 0 Å². The van der Waals surface area contributed by atoms with Crippen molar-refractivity contribution in [2.75, 3.05) is 0 Å². The molecule has 0 heterocycles. The van der Waals surface area contributed by atoms with Crippen LogP contribution in [0.1, 0.15) is 44.5 Å². The molecule has 4 aromatic carbocycles. The molecular formula is C30H28. The van der Waals surface area contributed by atoms with Gasteiger partial charge in [-0.2, -0.15) is 0 Å². The van der Waals surface area contributed by atoms with Crippen LogP contribution in [0.5, 0.6) is 0 Å². The van der Waals surface area contributed by atoms with Crippen molar-refractivity contribution in [2.24, 2.45) is 0 Å². The van der Waals surface area contributed by atoms with Crippen LogP contribution in [-0.4, -0.2) is 0 Å². The molecule has 0 aliphatic heterocycles. The lowest BCUT2D eigenvalue weighted by Gasteiger charge is -2.23. The summed E-state index contributed by atoms with van der Waals surface area (Å²) >= 11 is 0. The maximum Gasteiger partial charge on any atom is -0.00213 e. The van der Waals surface area contributed by atoms with Gasteiger partial charge in [-0.25, -0.2) is 0 Å². The zero-order valence-electron chi connectivity index (χ0n) is 18.2. The van der Waals surface area contributed by atoms with Gasteiger partial charge in [0.1, 0.15) is 0 Å². The summed E-state index contributed by atoms with van der Waals surface area (Å²) in [5, 5.41) is 0. The minimum absolute atomic E-state index is 1.29. The summed E-state index contributed by atoms with van der Waals surface area (Å²) in [4.78, 5) is 0. The molecule has 0 heteroatoms. The Morgan fingerprint density at radius 2 is 0.533 bits per heavy atom. The van der Waals surface area contributed by atoms with Crippen LogP contribution in [0.4, 0.5) is 0 Å². The summed E-state index contributed by atoms with van der Waals surface area (Å²) in [7, 11) is 0. The number of rotatable bonds is 4. The summed E-state index contributed by atoms with van der Waals surface area (Å²) in [5.74, 6) is 0. The first-order valence-corrected chi connectivity index (χ1v) is 10.6. The van der Waals surface area contributed by atoms with E-state index in [0.29, 0.717) is 0 Å². The summed E-state index contributed by atoms with van der Waals surface area (Å²) in [6.45, 7) is 8.84. The predicted octanol–water partition coefficient (Wildman–Crippen LogP) is 7.93. The molecule has 0 fully saturated rings. The van der Waals surface area contributed by atoms with Crippen molar-refractivity contribution in [3.8, 4) is 0 Å². The predicted molar refractivity (Wildman–Crippen MR) is 130 cm³/mol. The molecule has 0 atom stereocenters. The van der Waals surface area contributed by atoms with Gasteiger partial charge in [-0.3, -0.25) is 0 Å². The molecule has 0 unspecified atom stereocenters. The SMILES string of the molecule is Cc1ccccc1C(=C(c1ccccc1C)c1ccccc1C)c1ccccc1C. The first-order chi connectivity index (χ1) is 14.6. The second kappa shape index (κ2) is 8.55. The van der Waals surface area contributed by atoms with Crippen molar-refractivity contribution < 1.29 is 0 Å². The summed E-state index contributed by atoms with van der Waals surface area (Å²) in [6, 6.07) is 34.9. The second-order valence-corrected chi connectivity index (χ2v) is 8.01. The van der Waals surface area contributed by atoms with Gasteiger partial charge in [0.05, 0.1) is 0 Å². The Bertz CT molecular complexity index is 1030. The van der Waals surface area contributed by atoms with Crippen molar-refractivity contribution in [3.63, 3.8) is 0 Å². The van der Waals surface area contributed by atoms with E-state index >= 15 is 0 Å². The molecule has 148 valence electrons. The molecule has 0 aliphatic carbocycles. The van der Waals surface area contributed by atoms with Gasteiger partial charge in [-0.05, 0) is 83.3 Å². The van der Waals surface area contributed by atoms with Crippen LogP contribution in [-0.2, 0) is 0 Å². The molecule has 0 saturated heterocycles. The molecule has 30 heavy (non-hydrogen) atoms. The van der Waals surface area contributed by atoms with Gasteiger partial charge < -0.3 is 0 Å². The van der Waals surface area contributed by atoms with Gasteiger partial charge in [-0.15, -0.1) is 0 Å².